The molecule has 1 aromatic carbocycles. The van der Waals surface area contributed by atoms with Gasteiger partial charge in [0.2, 0.25) is 0 Å². The van der Waals surface area contributed by atoms with Crippen LogP contribution in [0.3, 0.4) is 0 Å². The van der Waals surface area contributed by atoms with Crippen molar-refractivity contribution in [1.82, 2.24) is 0 Å². The monoisotopic (exact) mass is 253 g/mol. The van der Waals surface area contributed by atoms with Crippen molar-refractivity contribution in [3.63, 3.8) is 0 Å². The summed E-state index contributed by atoms with van der Waals surface area (Å²) in [6, 6.07) is 3.23. The van der Waals surface area contributed by atoms with Gasteiger partial charge in [-0.2, -0.15) is 0 Å². The number of nitrogen functional groups attached to an aromatic ring is 1. The second kappa shape index (κ2) is 6.02. The maximum atomic E-state index is 11.5. The van der Waals surface area contributed by atoms with E-state index in [2.05, 4.69) is 4.74 Å². The van der Waals surface area contributed by atoms with E-state index in [9.17, 15) is 9.59 Å². The highest BCUT2D eigenvalue weighted by atomic mass is 16.5. The van der Waals surface area contributed by atoms with Crippen LogP contribution in [0.25, 0.3) is 0 Å². The summed E-state index contributed by atoms with van der Waals surface area (Å²) in [5.41, 5.74) is 7.81. The zero-order valence-corrected chi connectivity index (χ0v) is 10.2. The molecule has 18 heavy (non-hydrogen) atoms. The summed E-state index contributed by atoms with van der Waals surface area (Å²) in [5, 5.41) is 8.45. The second-order valence-electron chi connectivity index (χ2n) is 3.74. The van der Waals surface area contributed by atoms with E-state index in [4.69, 9.17) is 15.6 Å². The first kappa shape index (κ1) is 14.0. The molecule has 0 radical (unpaired) electrons. The Balaban J connectivity index is 2.90. The van der Waals surface area contributed by atoms with Crippen LogP contribution in [0.1, 0.15) is 21.5 Å². The van der Waals surface area contributed by atoms with Crippen molar-refractivity contribution in [1.29, 1.82) is 0 Å². The van der Waals surface area contributed by atoms with Gasteiger partial charge in [-0.3, -0.25) is 0 Å². The second-order valence-corrected chi connectivity index (χ2v) is 3.74. The van der Waals surface area contributed by atoms with E-state index in [1.807, 2.05) is 0 Å². The number of aliphatic carboxylic acids is 1. The maximum absolute atomic E-state index is 11.5. The highest BCUT2D eigenvalue weighted by Crippen LogP contribution is 2.20. The molecule has 0 saturated heterocycles. The Morgan fingerprint density at radius 3 is 2.61 bits per heavy atom. The number of carboxylic acid groups (broad SMARTS) is 1. The van der Waals surface area contributed by atoms with Gasteiger partial charge in [-0.1, -0.05) is 0 Å². The number of carbonyl (C=O) groups is 2. The van der Waals surface area contributed by atoms with Gasteiger partial charge in [0.1, 0.15) is 6.61 Å². The molecule has 0 fully saturated rings. The summed E-state index contributed by atoms with van der Waals surface area (Å²) >= 11 is 0. The Morgan fingerprint density at radius 2 is 2.06 bits per heavy atom. The molecule has 1 rings (SSSR count). The number of hydrogen-bond acceptors (Lipinski definition) is 5. The molecule has 0 atom stereocenters. The summed E-state index contributed by atoms with van der Waals surface area (Å²) in [7, 11) is 1.28. The quantitative estimate of drug-likeness (QED) is 0.599. The average molecular weight is 253 g/mol. The first-order chi connectivity index (χ1) is 8.45. The van der Waals surface area contributed by atoms with E-state index >= 15 is 0 Å². The minimum absolute atomic E-state index is 0.0702. The molecule has 0 aliphatic rings. The van der Waals surface area contributed by atoms with E-state index in [-0.39, 0.29) is 6.61 Å². The number of carbonyl (C=O) groups excluding carboxylic acids is 1. The molecule has 0 aliphatic carbocycles. The molecule has 1 aromatic rings. The van der Waals surface area contributed by atoms with Crippen LogP contribution >= 0.6 is 0 Å². The van der Waals surface area contributed by atoms with Gasteiger partial charge in [0, 0.05) is 5.69 Å². The lowest BCUT2D eigenvalue weighted by Gasteiger charge is -2.10. The zero-order valence-electron chi connectivity index (χ0n) is 10.2. The van der Waals surface area contributed by atoms with Crippen molar-refractivity contribution >= 4 is 17.6 Å². The van der Waals surface area contributed by atoms with Crippen LogP contribution in [-0.4, -0.2) is 30.8 Å². The molecule has 6 heteroatoms. The topological polar surface area (TPSA) is 98.8 Å². The Labute approximate surface area is 104 Å². The van der Waals surface area contributed by atoms with E-state index in [1.165, 1.54) is 7.11 Å². The third-order valence-electron chi connectivity index (χ3n) is 2.41. The summed E-state index contributed by atoms with van der Waals surface area (Å²) in [6.45, 7) is 1.38. The van der Waals surface area contributed by atoms with Crippen molar-refractivity contribution in [3.05, 3.63) is 28.8 Å². The van der Waals surface area contributed by atoms with Crippen LogP contribution in [0, 0.1) is 6.92 Å². The van der Waals surface area contributed by atoms with Gasteiger partial charge in [0.05, 0.1) is 19.3 Å². The SMILES string of the molecule is COC(=O)c1cc(COCC(=O)O)cc(N)c1C. The normalized spacial score (nSPS) is 10.1. The summed E-state index contributed by atoms with van der Waals surface area (Å²) in [6.07, 6.45) is 0. The lowest BCUT2D eigenvalue weighted by atomic mass is 10.0. The molecule has 0 heterocycles. The number of ether oxygens (including phenoxy) is 2. The molecule has 0 saturated carbocycles. The molecular formula is C12H15NO5. The minimum atomic E-state index is -1.05. The van der Waals surface area contributed by atoms with Gasteiger partial charge in [-0.25, -0.2) is 9.59 Å². The molecule has 0 spiro atoms. The van der Waals surface area contributed by atoms with Gasteiger partial charge in [0.15, 0.2) is 0 Å². The highest BCUT2D eigenvalue weighted by molar-refractivity contribution is 5.92. The molecule has 98 valence electrons. The maximum Gasteiger partial charge on any atom is 0.338 e. The van der Waals surface area contributed by atoms with E-state index in [1.54, 1.807) is 19.1 Å². The Kier molecular flexibility index (Phi) is 4.67. The third kappa shape index (κ3) is 3.46. The number of nitrogens with two attached hydrogens (primary N) is 1. The smallest absolute Gasteiger partial charge is 0.338 e. The molecule has 0 aliphatic heterocycles. The Morgan fingerprint density at radius 1 is 1.39 bits per heavy atom. The van der Waals surface area contributed by atoms with Crippen LogP contribution in [0.15, 0.2) is 12.1 Å². The minimum Gasteiger partial charge on any atom is -0.480 e. The van der Waals surface area contributed by atoms with Gasteiger partial charge in [-0.15, -0.1) is 0 Å². The van der Waals surface area contributed by atoms with Crippen LogP contribution in [0.2, 0.25) is 0 Å². The Hall–Kier alpha value is -2.08. The molecule has 0 unspecified atom stereocenters. The fourth-order valence-corrected chi connectivity index (χ4v) is 1.46. The third-order valence-corrected chi connectivity index (χ3v) is 2.41. The van der Waals surface area contributed by atoms with Crippen LogP contribution in [0.5, 0.6) is 0 Å². The fourth-order valence-electron chi connectivity index (χ4n) is 1.46. The van der Waals surface area contributed by atoms with Crippen molar-refractivity contribution in [2.24, 2.45) is 0 Å². The van der Waals surface area contributed by atoms with Crippen LogP contribution < -0.4 is 5.73 Å². The lowest BCUT2D eigenvalue weighted by Crippen LogP contribution is -2.10. The summed E-state index contributed by atoms with van der Waals surface area (Å²) in [5.74, 6) is -1.54. The van der Waals surface area contributed by atoms with Crippen molar-refractivity contribution in [2.45, 2.75) is 13.5 Å². The molecule has 0 bridgehead atoms. The fraction of sp³-hybridized carbons (Fsp3) is 0.333. The predicted molar refractivity (Wildman–Crippen MR) is 64.2 cm³/mol. The first-order valence-corrected chi connectivity index (χ1v) is 5.22. The summed E-state index contributed by atoms with van der Waals surface area (Å²) in [4.78, 5) is 21.8. The number of esters is 1. The molecule has 0 amide bonds. The first-order valence-electron chi connectivity index (χ1n) is 5.22. The Bertz CT molecular complexity index is 470. The highest BCUT2D eigenvalue weighted by Gasteiger charge is 2.13. The summed E-state index contributed by atoms with van der Waals surface area (Å²) < 4.78 is 9.58. The lowest BCUT2D eigenvalue weighted by molar-refractivity contribution is -0.142. The van der Waals surface area contributed by atoms with Crippen molar-refractivity contribution in [2.75, 3.05) is 19.5 Å². The number of benzene rings is 1. The average Bonchev–Trinajstić information content (AvgIpc) is 2.32. The van der Waals surface area contributed by atoms with Gasteiger partial charge < -0.3 is 20.3 Å². The van der Waals surface area contributed by atoms with Crippen molar-refractivity contribution in [3.8, 4) is 0 Å². The van der Waals surface area contributed by atoms with E-state index in [0.717, 1.165) is 0 Å². The largest absolute Gasteiger partial charge is 0.480 e. The molecular weight excluding hydrogens is 238 g/mol. The number of anilines is 1. The molecule has 3 N–H and O–H groups in total. The number of hydrogen-bond donors (Lipinski definition) is 2. The zero-order chi connectivity index (χ0) is 13.7. The standard InChI is InChI=1S/C12H15NO5/c1-7-9(12(16)17-2)3-8(4-10(7)13)5-18-6-11(14)15/h3-4H,5-6,13H2,1-2H3,(H,14,15). The van der Waals surface area contributed by atoms with Crippen LogP contribution in [-0.2, 0) is 20.9 Å². The molecule has 6 nitrogen and oxygen atoms in total. The van der Waals surface area contributed by atoms with Crippen LogP contribution in [0.4, 0.5) is 5.69 Å². The number of rotatable bonds is 5. The molecule has 0 aromatic heterocycles. The predicted octanol–water partition coefficient (Wildman–Crippen LogP) is 0.965. The van der Waals surface area contributed by atoms with E-state index in [0.29, 0.717) is 22.4 Å². The van der Waals surface area contributed by atoms with Crippen molar-refractivity contribution < 1.29 is 24.2 Å². The van der Waals surface area contributed by atoms with Gasteiger partial charge >= 0.3 is 11.9 Å². The number of methoxy groups -OCH3 is 1. The van der Waals surface area contributed by atoms with Gasteiger partial charge in [-0.05, 0) is 30.2 Å². The number of carboxylic acids is 1. The van der Waals surface area contributed by atoms with Gasteiger partial charge in [0.25, 0.3) is 0 Å². The van der Waals surface area contributed by atoms with E-state index < -0.39 is 18.5 Å².